The number of nitrogens with one attached hydrogen (secondary N) is 2. The van der Waals surface area contributed by atoms with Crippen LogP contribution in [0.15, 0.2) is 89.3 Å². The molecule has 2 atom stereocenters. The molecule has 3 aromatic carbocycles. The second-order valence-corrected chi connectivity index (χ2v) is 10.3. The Morgan fingerprint density at radius 3 is 2.25 bits per heavy atom. The first kappa shape index (κ1) is 27.3. The summed E-state index contributed by atoms with van der Waals surface area (Å²) in [7, 11) is 4.75. The van der Waals surface area contributed by atoms with E-state index in [9.17, 15) is 9.59 Å². The zero-order chi connectivity index (χ0) is 28.4. The van der Waals surface area contributed by atoms with E-state index in [1.807, 2.05) is 49.4 Å². The number of hydrogen-bond acceptors (Lipinski definition) is 6. The van der Waals surface area contributed by atoms with Crippen LogP contribution in [0, 0.1) is 0 Å². The molecule has 2 aliphatic rings. The molecule has 2 N–H and O–H groups in total. The second kappa shape index (κ2) is 11.5. The first-order valence-corrected chi connectivity index (χ1v) is 13.4. The van der Waals surface area contributed by atoms with Crippen molar-refractivity contribution in [3.05, 3.63) is 105 Å². The number of ether oxygens (including phenoxy) is 3. The van der Waals surface area contributed by atoms with Crippen molar-refractivity contribution in [3.8, 4) is 17.2 Å². The minimum atomic E-state index is -0.554. The van der Waals surface area contributed by atoms with Crippen molar-refractivity contribution in [1.82, 2.24) is 5.32 Å². The summed E-state index contributed by atoms with van der Waals surface area (Å²) in [5.41, 5.74) is 4.95. The van der Waals surface area contributed by atoms with Crippen LogP contribution in [-0.4, -0.2) is 33.0 Å². The minimum Gasteiger partial charge on any atom is -0.495 e. The molecule has 8 heteroatoms. The number of dihydropyridines is 1. The highest BCUT2D eigenvalue weighted by atomic mass is 35.5. The largest absolute Gasteiger partial charge is 0.495 e. The quantitative estimate of drug-likeness (QED) is 0.351. The standard InChI is InChI=1S/C32H31ClN2O5/c1-18-29(32(37)35-23-7-5-6-8-26(23)38-2)30(19-9-12-22(33)13-10-19)31-24(34-18)15-21(16-25(31)36)20-11-14-27(39-3)28(17-20)40-4/h5-14,17,21,30,34H,15-16H2,1-4H3,(H,35,37)/t21-,30+/m1/s1. The topological polar surface area (TPSA) is 85.9 Å². The van der Waals surface area contributed by atoms with Gasteiger partial charge in [0.05, 0.1) is 27.0 Å². The highest BCUT2D eigenvalue weighted by molar-refractivity contribution is 6.30. The Kier molecular flexibility index (Phi) is 7.85. The van der Waals surface area contributed by atoms with Crippen LogP contribution in [-0.2, 0) is 9.59 Å². The fourth-order valence-corrected chi connectivity index (χ4v) is 5.73. The lowest BCUT2D eigenvalue weighted by atomic mass is 9.71. The lowest BCUT2D eigenvalue weighted by molar-refractivity contribution is -0.116. The average molecular weight is 559 g/mol. The smallest absolute Gasteiger partial charge is 0.254 e. The number of carbonyl (C=O) groups excluding carboxylic acids is 2. The van der Waals surface area contributed by atoms with E-state index in [-0.39, 0.29) is 17.6 Å². The number of methoxy groups -OCH3 is 3. The highest BCUT2D eigenvalue weighted by Gasteiger charge is 2.41. The van der Waals surface area contributed by atoms with Crippen LogP contribution < -0.4 is 24.8 Å². The van der Waals surface area contributed by atoms with Gasteiger partial charge in [-0.2, -0.15) is 0 Å². The Morgan fingerprint density at radius 2 is 1.55 bits per heavy atom. The number of allylic oxidation sites excluding steroid dienone is 3. The molecule has 0 aromatic heterocycles. The molecule has 206 valence electrons. The van der Waals surface area contributed by atoms with Crippen LogP contribution in [0.1, 0.15) is 42.7 Å². The molecular formula is C32H31ClN2O5. The van der Waals surface area contributed by atoms with Crippen LogP contribution in [0.2, 0.25) is 5.02 Å². The Bertz CT molecular complexity index is 1530. The monoisotopic (exact) mass is 558 g/mol. The molecule has 0 radical (unpaired) electrons. The summed E-state index contributed by atoms with van der Waals surface area (Å²) in [6, 6.07) is 20.3. The number of anilines is 1. The van der Waals surface area contributed by atoms with Crippen LogP contribution in [0.5, 0.6) is 17.2 Å². The molecule has 1 aliphatic heterocycles. The summed E-state index contributed by atoms with van der Waals surface area (Å²) in [5, 5.41) is 6.99. The molecule has 1 heterocycles. The Labute approximate surface area is 238 Å². The minimum absolute atomic E-state index is 0.0106. The van der Waals surface area contributed by atoms with Gasteiger partial charge in [0.15, 0.2) is 17.3 Å². The molecule has 0 bridgehead atoms. The number of para-hydroxylation sites is 2. The Hall–Kier alpha value is -4.23. The molecule has 0 fully saturated rings. The van der Waals surface area contributed by atoms with Crippen molar-refractivity contribution in [3.63, 3.8) is 0 Å². The number of rotatable bonds is 7. The van der Waals surface area contributed by atoms with Crippen molar-refractivity contribution < 1.29 is 23.8 Å². The molecule has 7 nitrogen and oxygen atoms in total. The highest BCUT2D eigenvalue weighted by Crippen LogP contribution is 2.46. The van der Waals surface area contributed by atoms with Crippen molar-refractivity contribution in [2.45, 2.75) is 31.6 Å². The fraction of sp³-hybridized carbons (Fsp3) is 0.250. The molecule has 0 spiro atoms. The van der Waals surface area contributed by atoms with E-state index < -0.39 is 5.92 Å². The van der Waals surface area contributed by atoms with Gasteiger partial charge in [0.2, 0.25) is 0 Å². The average Bonchev–Trinajstić information content (AvgIpc) is 2.96. The lowest BCUT2D eigenvalue weighted by Gasteiger charge is -2.37. The number of hydrogen-bond donors (Lipinski definition) is 2. The van der Waals surface area contributed by atoms with E-state index in [1.165, 1.54) is 0 Å². The van der Waals surface area contributed by atoms with Crippen molar-refractivity contribution >= 4 is 29.0 Å². The van der Waals surface area contributed by atoms with Crippen LogP contribution in [0.3, 0.4) is 0 Å². The van der Waals surface area contributed by atoms with Gasteiger partial charge in [0.1, 0.15) is 5.75 Å². The maximum Gasteiger partial charge on any atom is 0.254 e. The summed E-state index contributed by atoms with van der Waals surface area (Å²) >= 11 is 6.20. The van der Waals surface area contributed by atoms with Gasteiger partial charge in [-0.05, 0) is 66.8 Å². The lowest BCUT2D eigenvalue weighted by Crippen LogP contribution is -2.37. The molecule has 1 amide bonds. The van der Waals surface area contributed by atoms with Crippen molar-refractivity contribution in [2.75, 3.05) is 26.6 Å². The maximum atomic E-state index is 13.9. The SMILES string of the molecule is COc1ccccc1NC(=O)C1=C(C)NC2=C(C(=O)C[C@H](c3ccc(OC)c(OC)c3)C2)[C@H]1c1ccc(Cl)cc1. The van der Waals surface area contributed by atoms with Gasteiger partial charge in [0.25, 0.3) is 5.91 Å². The molecular weight excluding hydrogens is 528 g/mol. The molecule has 5 rings (SSSR count). The van der Waals surface area contributed by atoms with E-state index in [1.54, 1.807) is 45.6 Å². The van der Waals surface area contributed by atoms with E-state index in [2.05, 4.69) is 10.6 Å². The van der Waals surface area contributed by atoms with Gasteiger partial charge in [-0.25, -0.2) is 0 Å². The second-order valence-electron chi connectivity index (χ2n) is 9.84. The predicted octanol–water partition coefficient (Wildman–Crippen LogP) is 6.37. The molecule has 0 unspecified atom stereocenters. The third kappa shape index (κ3) is 5.17. The van der Waals surface area contributed by atoms with Gasteiger partial charge in [0, 0.05) is 39.9 Å². The number of Topliss-reactive ketones (excluding diaryl/α,β-unsaturated/α-hetero) is 1. The number of ketones is 1. The molecule has 40 heavy (non-hydrogen) atoms. The molecule has 3 aromatic rings. The summed E-state index contributed by atoms with van der Waals surface area (Å²) in [4.78, 5) is 27.8. The zero-order valence-electron chi connectivity index (χ0n) is 22.8. The maximum absolute atomic E-state index is 13.9. The van der Waals surface area contributed by atoms with E-state index in [0.717, 1.165) is 16.8 Å². The summed E-state index contributed by atoms with van der Waals surface area (Å²) in [5.74, 6) is 0.876. The van der Waals surface area contributed by atoms with Crippen LogP contribution in [0.25, 0.3) is 0 Å². The zero-order valence-corrected chi connectivity index (χ0v) is 23.6. The normalized spacial score (nSPS) is 18.6. The fourth-order valence-electron chi connectivity index (χ4n) is 5.61. The van der Waals surface area contributed by atoms with E-state index in [4.69, 9.17) is 25.8 Å². The summed E-state index contributed by atoms with van der Waals surface area (Å²) < 4.78 is 16.3. The van der Waals surface area contributed by atoms with E-state index in [0.29, 0.717) is 57.6 Å². The Morgan fingerprint density at radius 1 is 0.875 bits per heavy atom. The van der Waals surface area contributed by atoms with Crippen molar-refractivity contribution in [2.24, 2.45) is 0 Å². The summed E-state index contributed by atoms with van der Waals surface area (Å²) in [6.07, 6.45) is 0.917. The summed E-state index contributed by atoms with van der Waals surface area (Å²) in [6.45, 7) is 1.87. The molecule has 0 saturated carbocycles. The van der Waals surface area contributed by atoms with Crippen LogP contribution in [0.4, 0.5) is 5.69 Å². The molecule has 0 saturated heterocycles. The third-order valence-electron chi connectivity index (χ3n) is 7.51. The first-order chi connectivity index (χ1) is 19.3. The Balaban J connectivity index is 1.54. The first-order valence-electron chi connectivity index (χ1n) is 13.0. The number of benzene rings is 3. The van der Waals surface area contributed by atoms with Gasteiger partial charge >= 0.3 is 0 Å². The number of amides is 1. The van der Waals surface area contributed by atoms with E-state index >= 15 is 0 Å². The van der Waals surface area contributed by atoms with Crippen LogP contribution >= 0.6 is 11.6 Å². The molecule has 1 aliphatic carbocycles. The van der Waals surface area contributed by atoms with Gasteiger partial charge in [-0.15, -0.1) is 0 Å². The predicted molar refractivity (Wildman–Crippen MR) is 155 cm³/mol. The number of halogens is 1. The van der Waals surface area contributed by atoms with Crippen molar-refractivity contribution in [1.29, 1.82) is 0 Å². The third-order valence-corrected chi connectivity index (χ3v) is 7.76. The van der Waals surface area contributed by atoms with Gasteiger partial charge in [-0.3, -0.25) is 9.59 Å². The van der Waals surface area contributed by atoms with Gasteiger partial charge in [-0.1, -0.05) is 41.9 Å². The number of carbonyl (C=O) groups is 2. The van der Waals surface area contributed by atoms with Gasteiger partial charge < -0.3 is 24.8 Å².